The van der Waals surface area contributed by atoms with Crippen molar-refractivity contribution in [3.05, 3.63) is 46.1 Å². The van der Waals surface area contributed by atoms with E-state index in [4.69, 9.17) is 21.3 Å². The largest absolute Gasteiger partial charge is 0.381 e. The SMILES string of the molecule is CCOC(O)c1cnc(Nc2ccc3c(ccc4sc5c(c43)NC[C@@H](C)NC5=O)n2)nc1Cl. The van der Waals surface area contributed by atoms with Gasteiger partial charge in [-0.2, -0.15) is 0 Å². The first kappa shape index (κ1) is 21.8. The van der Waals surface area contributed by atoms with Crippen molar-refractivity contribution in [3.63, 3.8) is 0 Å². The van der Waals surface area contributed by atoms with E-state index in [1.807, 2.05) is 31.2 Å². The molecule has 4 aromatic rings. The molecule has 1 aromatic carbocycles. The fourth-order valence-electron chi connectivity index (χ4n) is 3.75. The summed E-state index contributed by atoms with van der Waals surface area (Å²) in [6.45, 7) is 4.73. The van der Waals surface area contributed by atoms with E-state index >= 15 is 0 Å². The number of aliphatic hydroxyl groups is 1. The molecule has 2 atom stereocenters. The third-order valence-corrected chi connectivity index (χ3v) is 6.75. The summed E-state index contributed by atoms with van der Waals surface area (Å²) < 4.78 is 6.15. The fraction of sp³-hybridized carbons (Fsp3) is 0.273. The molecule has 33 heavy (non-hydrogen) atoms. The van der Waals surface area contributed by atoms with Crippen LogP contribution in [-0.2, 0) is 4.74 Å². The van der Waals surface area contributed by atoms with Crippen molar-refractivity contribution in [1.82, 2.24) is 20.3 Å². The van der Waals surface area contributed by atoms with Crippen LogP contribution in [0.25, 0.3) is 21.0 Å². The molecule has 1 amide bonds. The summed E-state index contributed by atoms with van der Waals surface area (Å²) in [4.78, 5) is 26.4. The standard InChI is InChI=1S/C22H21ClN6O3S/c1-3-32-21(31)12-9-25-22(29-19(12)23)28-15-7-4-11-13(27-15)5-6-14-16(11)17-18(33-14)20(30)26-10(2)8-24-17/h4-7,9-10,21,24,31H,3,8H2,1-2H3,(H,26,30)(H,25,27,28,29)/t10-,21?/m1/s1. The molecule has 0 radical (unpaired) electrons. The molecule has 0 aliphatic carbocycles. The molecule has 4 heterocycles. The number of carbonyl (C=O) groups excluding carboxylic acids is 1. The maximum atomic E-state index is 12.6. The number of amides is 1. The molecule has 5 rings (SSSR count). The number of benzene rings is 1. The summed E-state index contributed by atoms with van der Waals surface area (Å²) in [6, 6.07) is 7.73. The van der Waals surface area contributed by atoms with E-state index < -0.39 is 6.29 Å². The molecule has 0 bridgehead atoms. The Bertz CT molecular complexity index is 1380. The molecule has 170 valence electrons. The molecule has 1 aliphatic heterocycles. The lowest BCUT2D eigenvalue weighted by Gasteiger charge is -2.12. The number of rotatable bonds is 5. The minimum atomic E-state index is -1.18. The predicted octanol–water partition coefficient (Wildman–Crippen LogP) is 4.21. The quantitative estimate of drug-likeness (QED) is 0.245. The number of halogens is 1. The van der Waals surface area contributed by atoms with Crippen LogP contribution in [0, 0.1) is 0 Å². The zero-order chi connectivity index (χ0) is 23.1. The number of aromatic nitrogens is 3. The van der Waals surface area contributed by atoms with Crippen LogP contribution < -0.4 is 16.0 Å². The lowest BCUT2D eigenvalue weighted by Crippen LogP contribution is -2.34. The van der Waals surface area contributed by atoms with Gasteiger partial charge in [-0.15, -0.1) is 11.3 Å². The van der Waals surface area contributed by atoms with Crippen LogP contribution in [0.5, 0.6) is 0 Å². The first-order chi connectivity index (χ1) is 15.9. The zero-order valence-corrected chi connectivity index (χ0v) is 19.4. The van der Waals surface area contributed by atoms with Gasteiger partial charge in [0.1, 0.15) is 15.8 Å². The van der Waals surface area contributed by atoms with Gasteiger partial charge >= 0.3 is 0 Å². The normalized spacial score (nSPS) is 16.7. The minimum Gasteiger partial charge on any atom is -0.381 e. The van der Waals surface area contributed by atoms with Gasteiger partial charge in [-0.05, 0) is 38.1 Å². The van der Waals surface area contributed by atoms with Crippen LogP contribution in [0.4, 0.5) is 17.5 Å². The van der Waals surface area contributed by atoms with Crippen LogP contribution in [0.15, 0.2) is 30.5 Å². The molecule has 3 aromatic heterocycles. The smallest absolute Gasteiger partial charge is 0.263 e. The van der Waals surface area contributed by atoms with Gasteiger partial charge in [-0.1, -0.05) is 11.6 Å². The number of anilines is 3. The predicted molar refractivity (Wildman–Crippen MR) is 129 cm³/mol. The number of pyridine rings is 1. The molecule has 0 fully saturated rings. The van der Waals surface area contributed by atoms with Crippen molar-refractivity contribution in [2.75, 3.05) is 23.8 Å². The van der Waals surface area contributed by atoms with E-state index in [0.717, 1.165) is 26.7 Å². The van der Waals surface area contributed by atoms with Crippen molar-refractivity contribution in [3.8, 4) is 0 Å². The third kappa shape index (κ3) is 4.06. The van der Waals surface area contributed by atoms with E-state index in [-0.39, 0.29) is 23.1 Å². The molecule has 0 saturated heterocycles. The van der Waals surface area contributed by atoms with Crippen molar-refractivity contribution in [2.24, 2.45) is 0 Å². The maximum Gasteiger partial charge on any atom is 0.263 e. The van der Waals surface area contributed by atoms with E-state index in [9.17, 15) is 9.90 Å². The molecule has 11 heteroatoms. The Hall–Kier alpha value is -3.05. The van der Waals surface area contributed by atoms with Gasteiger partial charge in [0.15, 0.2) is 6.29 Å². The number of aliphatic hydroxyl groups excluding tert-OH is 1. The summed E-state index contributed by atoms with van der Waals surface area (Å²) in [7, 11) is 0. The lowest BCUT2D eigenvalue weighted by atomic mass is 10.1. The maximum absolute atomic E-state index is 12.6. The van der Waals surface area contributed by atoms with E-state index in [1.54, 1.807) is 6.92 Å². The van der Waals surface area contributed by atoms with E-state index in [0.29, 0.717) is 29.4 Å². The highest BCUT2D eigenvalue weighted by atomic mass is 35.5. The molecule has 4 N–H and O–H groups in total. The second-order valence-corrected chi connectivity index (χ2v) is 9.05. The van der Waals surface area contributed by atoms with Crippen molar-refractivity contribution >= 4 is 67.3 Å². The molecular formula is C22H21ClN6O3S. The first-order valence-electron chi connectivity index (χ1n) is 10.4. The first-order valence-corrected chi connectivity index (χ1v) is 11.6. The molecule has 0 saturated carbocycles. The highest BCUT2D eigenvalue weighted by Gasteiger charge is 2.24. The Morgan fingerprint density at radius 3 is 2.97 bits per heavy atom. The van der Waals surface area contributed by atoms with Crippen molar-refractivity contribution in [2.45, 2.75) is 26.2 Å². The number of hydrogen-bond acceptors (Lipinski definition) is 9. The number of carbonyl (C=O) groups is 1. The van der Waals surface area contributed by atoms with Gasteiger partial charge in [0.05, 0.1) is 16.8 Å². The molecular weight excluding hydrogens is 464 g/mol. The van der Waals surface area contributed by atoms with Gasteiger partial charge in [0.2, 0.25) is 5.95 Å². The molecule has 0 spiro atoms. The average molecular weight is 485 g/mol. The highest BCUT2D eigenvalue weighted by molar-refractivity contribution is 7.21. The van der Waals surface area contributed by atoms with Crippen LogP contribution in [0.2, 0.25) is 5.15 Å². The third-order valence-electron chi connectivity index (χ3n) is 5.29. The number of nitrogens with one attached hydrogen (secondary N) is 3. The van der Waals surface area contributed by atoms with Crippen molar-refractivity contribution in [1.29, 1.82) is 0 Å². The Morgan fingerprint density at radius 2 is 2.18 bits per heavy atom. The lowest BCUT2D eigenvalue weighted by molar-refractivity contribution is -0.0982. The van der Waals surface area contributed by atoms with E-state index in [2.05, 4.69) is 25.9 Å². The second-order valence-electron chi connectivity index (χ2n) is 7.64. The minimum absolute atomic E-state index is 0.0453. The Kier molecular flexibility index (Phi) is 5.75. The Labute approximate surface area is 198 Å². The number of thiophene rings is 1. The number of hydrogen-bond donors (Lipinski definition) is 4. The highest BCUT2D eigenvalue weighted by Crippen LogP contribution is 2.41. The molecule has 9 nitrogen and oxygen atoms in total. The van der Waals surface area contributed by atoms with Gasteiger partial charge < -0.3 is 25.8 Å². The average Bonchev–Trinajstić information content (AvgIpc) is 3.10. The topological polar surface area (TPSA) is 121 Å². The van der Waals surface area contributed by atoms with Crippen LogP contribution in [0.3, 0.4) is 0 Å². The number of fused-ring (bicyclic) bond motifs is 5. The van der Waals surface area contributed by atoms with E-state index in [1.165, 1.54) is 17.5 Å². The van der Waals surface area contributed by atoms with Gasteiger partial charge in [0.25, 0.3) is 5.91 Å². The summed E-state index contributed by atoms with van der Waals surface area (Å²) >= 11 is 7.66. The monoisotopic (exact) mass is 484 g/mol. The van der Waals surface area contributed by atoms with Crippen LogP contribution >= 0.6 is 22.9 Å². The summed E-state index contributed by atoms with van der Waals surface area (Å²) in [5.74, 6) is 0.726. The number of ether oxygens (including phenoxy) is 1. The van der Waals surface area contributed by atoms with Gasteiger partial charge in [0, 0.05) is 40.9 Å². The second kappa shape index (κ2) is 8.71. The zero-order valence-electron chi connectivity index (χ0n) is 17.8. The number of nitrogens with zero attached hydrogens (tertiary/aromatic N) is 3. The Morgan fingerprint density at radius 1 is 1.33 bits per heavy atom. The summed E-state index contributed by atoms with van der Waals surface area (Å²) in [5.41, 5.74) is 1.91. The molecule has 1 unspecified atom stereocenters. The summed E-state index contributed by atoms with van der Waals surface area (Å²) in [6.07, 6.45) is 0.234. The van der Waals surface area contributed by atoms with Crippen LogP contribution in [0.1, 0.15) is 35.4 Å². The van der Waals surface area contributed by atoms with Crippen LogP contribution in [-0.4, -0.2) is 45.2 Å². The van der Waals surface area contributed by atoms with Crippen molar-refractivity contribution < 1.29 is 14.6 Å². The fourth-order valence-corrected chi connectivity index (χ4v) is 5.07. The van der Waals surface area contributed by atoms with Gasteiger partial charge in [-0.25, -0.2) is 15.0 Å². The Balaban J connectivity index is 1.49. The van der Waals surface area contributed by atoms with Gasteiger partial charge in [-0.3, -0.25) is 4.79 Å². The molecule has 1 aliphatic rings. The summed E-state index contributed by atoms with van der Waals surface area (Å²) in [5, 5.41) is 21.4.